The summed E-state index contributed by atoms with van der Waals surface area (Å²) in [4.78, 5) is 22.8. The second-order valence-electron chi connectivity index (χ2n) is 5.58. The molecule has 0 aromatic carbocycles. The van der Waals surface area contributed by atoms with Crippen molar-refractivity contribution in [2.24, 2.45) is 0 Å². The van der Waals surface area contributed by atoms with E-state index in [2.05, 4.69) is 27.1 Å². The van der Waals surface area contributed by atoms with Crippen LogP contribution in [0.1, 0.15) is 17.3 Å². The second-order valence-corrected chi connectivity index (χ2v) is 5.58. The van der Waals surface area contributed by atoms with E-state index in [9.17, 15) is 4.79 Å². The van der Waals surface area contributed by atoms with E-state index < -0.39 is 0 Å². The van der Waals surface area contributed by atoms with Crippen LogP contribution in [0.3, 0.4) is 0 Å². The molecule has 0 radical (unpaired) electrons. The molecule has 7 heteroatoms. The minimum atomic E-state index is -0.102. The fraction of sp³-hybridized carbons (Fsp3) is 0.438. The number of nitrogens with one attached hydrogen (secondary N) is 1. The lowest BCUT2D eigenvalue weighted by Crippen LogP contribution is -2.47. The summed E-state index contributed by atoms with van der Waals surface area (Å²) in [6.07, 6.45) is 6.76. The van der Waals surface area contributed by atoms with E-state index >= 15 is 0 Å². The average molecular weight is 315 g/mol. The van der Waals surface area contributed by atoms with Gasteiger partial charge < -0.3 is 10.1 Å². The van der Waals surface area contributed by atoms with Crippen LogP contribution in [0.4, 0.5) is 0 Å². The minimum absolute atomic E-state index is 0.102. The number of carbonyl (C=O) groups is 1. The first-order chi connectivity index (χ1) is 11.2. The largest absolute Gasteiger partial charge is 0.379 e. The zero-order valence-electron chi connectivity index (χ0n) is 13.2. The van der Waals surface area contributed by atoms with Crippen molar-refractivity contribution in [2.45, 2.75) is 13.0 Å². The molecule has 0 unspecified atom stereocenters. The highest BCUT2D eigenvalue weighted by molar-refractivity contribution is 5.93. The third kappa shape index (κ3) is 3.94. The molecule has 3 rings (SSSR count). The van der Waals surface area contributed by atoms with Gasteiger partial charge in [-0.15, -0.1) is 0 Å². The lowest BCUT2D eigenvalue weighted by molar-refractivity contribution is 0.0204. The molecule has 1 fully saturated rings. The van der Waals surface area contributed by atoms with Gasteiger partial charge in [0.05, 0.1) is 18.8 Å². The van der Waals surface area contributed by atoms with Gasteiger partial charge >= 0.3 is 0 Å². The SMILES string of the molecule is C[C@@H](CNC(=O)c1ccc(-n2ccnc2)nc1)N1CCOCC1. The number of carbonyl (C=O) groups excluding carboxylic acids is 1. The number of amides is 1. The maximum atomic E-state index is 12.2. The highest BCUT2D eigenvalue weighted by Crippen LogP contribution is 2.06. The molecular weight excluding hydrogens is 294 g/mol. The molecule has 1 amide bonds. The van der Waals surface area contributed by atoms with Gasteiger partial charge in [0, 0.05) is 44.3 Å². The summed E-state index contributed by atoms with van der Waals surface area (Å²) in [6, 6.07) is 3.88. The fourth-order valence-corrected chi connectivity index (χ4v) is 2.56. The molecule has 1 aliphatic rings. The van der Waals surface area contributed by atoms with Crippen molar-refractivity contribution in [1.82, 2.24) is 24.8 Å². The smallest absolute Gasteiger partial charge is 0.252 e. The lowest BCUT2D eigenvalue weighted by atomic mass is 10.2. The minimum Gasteiger partial charge on any atom is -0.379 e. The number of imidazole rings is 1. The van der Waals surface area contributed by atoms with Gasteiger partial charge in [0.15, 0.2) is 0 Å². The topological polar surface area (TPSA) is 72.3 Å². The lowest BCUT2D eigenvalue weighted by Gasteiger charge is -2.32. The zero-order valence-corrected chi connectivity index (χ0v) is 13.2. The van der Waals surface area contributed by atoms with Crippen LogP contribution in [0, 0.1) is 0 Å². The number of nitrogens with zero attached hydrogens (tertiary/aromatic N) is 4. The van der Waals surface area contributed by atoms with Gasteiger partial charge in [-0.2, -0.15) is 0 Å². The van der Waals surface area contributed by atoms with Gasteiger partial charge in [-0.05, 0) is 19.1 Å². The average Bonchev–Trinajstić information content (AvgIpc) is 3.15. The van der Waals surface area contributed by atoms with Crippen molar-refractivity contribution < 1.29 is 9.53 Å². The molecule has 1 aliphatic heterocycles. The van der Waals surface area contributed by atoms with Crippen LogP contribution >= 0.6 is 0 Å². The number of ether oxygens (including phenoxy) is 1. The normalized spacial score (nSPS) is 16.9. The quantitative estimate of drug-likeness (QED) is 0.880. The Morgan fingerprint density at radius 1 is 1.39 bits per heavy atom. The Morgan fingerprint density at radius 3 is 2.87 bits per heavy atom. The molecule has 23 heavy (non-hydrogen) atoms. The highest BCUT2D eigenvalue weighted by Gasteiger charge is 2.17. The van der Waals surface area contributed by atoms with Crippen LogP contribution in [-0.2, 0) is 4.74 Å². The van der Waals surface area contributed by atoms with E-state index in [1.807, 2.05) is 12.3 Å². The Balaban J connectivity index is 1.53. The van der Waals surface area contributed by atoms with E-state index in [-0.39, 0.29) is 5.91 Å². The predicted octanol–water partition coefficient (Wildman–Crippen LogP) is 0.718. The van der Waals surface area contributed by atoms with Gasteiger partial charge in [0.25, 0.3) is 5.91 Å². The van der Waals surface area contributed by atoms with Crippen LogP contribution in [0.5, 0.6) is 0 Å². The molecule has 0 aliphatic carbocycles. The summed E-state index contributed by atoms with van der Waals surface area (Å²) in [6.45, 7) is 6.08. The molecule has 0 spiro atoms. The molecule has 122 valence electrons. The van der Waals surface area contributed by atoms with Crippen molar-refractivity contribution in [3.63, 3.8) is 0 Å². The molecule has 2 aromatic heterocycles. The number of morpholine rings is 1. The van der Waals surface area contributed by atoms with Gasteiger partial charge in [-0.25, -0.2) is 9.97 Å². The van der Waals surface area contributed by atoms with Crippen molar-refractivity contribution in [1.29, 1.82) is 0 Å². The third-order valence-electron chi connectivity index (χ3n) is 4.01. The van der Waals surface area contributed by atoms with E-state index in [0.29, 0.717) is 18.2 Å². The summed E-state index contributed by atoms with van der Waals surface area (Å²) in [5, 5.41) is 2.97. The summed E-state index contributed by atoms with van der Waals surface area (Å²) >= 11 is 0. The molecule has 1 saturated heterocycles. The molecule has 3 heterocycles. The van der Waals surface area contributed by atoms with Crippen molar-refractivity contribution in [3.8, 4) is 5.82 Å². The van der Waals surface area contributed by atoms with Gasteiger partial charge in [0.1, 0.15) is 12.1 Å². The molecule has 1 atom stereocenters. The van der Waals surface area contributed by atoms with Crippen LogP contribution in [0.2, 0.25) is 0 Å². The fourth-order valence-electron chi connectivity index (χ4n) is 2.56. The first-order valence-corrected chi connectivity index (χ1v) is 7.78. The Labute approximate surface area is 135 Å². The van der Waals surface area contributed by atoms with Crippen molar-refractivity contribution in [3.05, 3.63) is 42.6 Å². The third-order valence-corrected chi connectivity index (χ3v) is 4.01. The van der Waals surface area contributed by atoms with Gasteiger partial charge in [-0.1, -0.05) is 0 Å². The Hall–Kier alpha value is -2.25. The molecule has 2 aromatic rings. The maximum absolute atomic E-state index is 12.2. The monoisotopic (exact) mass is 315 g/mol. The van der Waals surface area contributed by atoms with Gasteiger partial charge in [0.2, 0.25) is 0 Å². The van der Waals surface area contributed by atoms with E-state index in [1.165, 1.54) is 0 Å². The number of hydrogen-bond donors (Lipinski definition) is 1. The first-order valence-electron chi connectivity index (χ1n) is 7.78. The van der Waals surface area contributed by atoms with E-state index in [1.54, 1.807) is 29.4 Å². The summed E-state index contributed by atoms with van der Waals surface area (Å²) < 4.78 is 7.14. The number of hydrogen-bond acceptors (Lipinski definition) is 5. The number of aromatic nitrogens is 3. The molecule has 1 N–H and O–H groups in total. The Morgan fingerprint density at radius 2 is 2.22 bits per heavy atom. The van der Waals surface area contributed by atoms with Crippen LogP contribution in [0.15, 0.2) is 37.1 Å². The first kappa shape index (κ1) is 15.6. The second kappa shape index (κ2) is 7.34. The number of rotatable bonds is 5. The van der Waals surface area contributed by atoms with E-state index in [0.717, 1.165) is 32.1 Å². The van der Waals surface area contributed by atoms with Crippen LogP contribution < -0.4 is 5.32 Å². The summed E-state index contributed by atoms with van der Waals surface area (Å²) in [7, 11) is 0. The molecule has 7 nitrogen and oxygen atoms in total. The Kier molecular flexibility index (Phi) is 4.99. The van der Waals surface area contributed by atoms with Crippen LogP contribution in [0.25, 0.3) is 5.82 Å². The number of pyridine rings is 1. The highest BCUT2D eigenvalue weighted by atomic mass is 16.5. The molecular formula is C16H21N5O2. The van der Waals surface area contributed by atoms with Crippen LogP contribution in [-0.4, -0.2) is 64.2 Å². The zero-order chi connectivity index (χ0) is 16.1. The maximum Gasteiger partial charge on any atom is 0.252 e. The molecule has 0 saturated carbocycles. The van der Waals surface area contributed by atoms with Crippen molar-refractivity contribution >= 4 is 5.91 Å². The van der Waals surface area contributed by atoms with Gasteiger partial charge in [-0.3, -0.25) is 14.3 Å². The summed E-state index contributed by atoms with van der Waals surface area (Å²) in [5.41, 5.74) is 0.558. The summed E-state index contributed by atoms with van der Waals surface area (Å²) in [5.74, 6) is 0.635. The van der Waals surface area contributed by atoms with Crippen molar-refractivity contribution in [2.75, 3.05) is 32.8 Å². The predicted molar refractivity (Wildman–Crippen MR) is 85.5 cm³/mol. The molecule has 0 bridgehead atoms. The van der Waals surface area contributed by atoms with E-state index in [4.69, 9.17) is 4.74 Å². The standard InChI is InChI=1S/C16H21N5O2/c1-13(20-6-8-23-9-7-20)10-19-16(22)14-2-3-15(18-11-14)21-5-4-17-12-21/h2-5,11-13H,6-10H2,1H3,(H,19,22)/t13-/m0/s1. The Bertz CT molecular complexity index is 620.